The van der Waals surface area contributed by atoms with Crippen molar-refractivity contribution in [2.75, 3.05) is 18.9 Å². The van der Waals surface area contributed by atoms with Crippen molar-refractivity contribution >= 4 is 23.2 Å². The fourth-order valence-corrected chi connectivity index (χ4v) is 1.32. The first kappa shape index (κ1) is 13.5. The minimum atomic E-state index is -0.286. The van der Waals surface area contributed by atoms with Crippen LogP contribution in [-0.2, 0) is 4.79 Å². The van der Waals surface area contributed by atoms with E-state index >= 15 is 0 Å². The number of amides is 1. The molecule has 1 atom stereocenters. The van der Waals surface area contributed by atoms with Crippen LogP contribution in [0.5, 0.6) is 0 Å². The smallest absolute Gasteiger partial charge is 0.238 e. The molecular formula is C12H14ClN3O. The molecule has 0 aliphatic rings. The summed E-state index contributed by atoms with van der Waals surface area (Å²) < 4.78 is 0. The van der Waals surface area contributed by atoms with Crippen molar-refractivity contribution in [1.29, 1.82) is 5.26 Å². The van der Waals surface area contributed by atoms with Gasteiger partial charge in [0.1, 0.15) is 0 Å². The Hall–Kier alpha value is -1.57. The van der Waals surface area contributed by atoms with E-state index in [1.165, 1.54) is 0 Å². The summed E-state index contributed by atoms with van der Waals surface area (Å²) >= 11 is 5.74. The Morgan fingerprint density at radius 3 is 2.65 bits per heavy atom. The molecular weight excluding hydrogens is 238 g/mol. The number of nitrogens with zero attached hydrogens (tertiary/aromatic N) is 2. The summed E-state index contributed by atoms with van der Waals surface area (Å²) in [5.74, 6) is -0.156. The van der Waals surface area contributed by atoms with Gasteiger partial charge in [0, 0.05) is 10.7 Å². The monoisotopic (exact) mass is 251 g/mol. The standard InChI is InChI=1S/C12H14ClN3O/c1-9(7-14)16(2)8-12(17)15-11-5-3-10(13)4-6-11/h3-6,9H,8H2,1-2H3,(H,15,17)/t9-/m1/s1. The van der Waals surface area contributed by atoms with E-state index in [0.29, 0.717) is 10.7 Å². The summed E-state index contributed by atoms with van der Waals surface area (Å²) in [6.45, 7) is 1.92. The van der Waals surface area contributed by atoms with Crippen molar-refractivity contribution < 1.29 is 4.79 Å². The molecule has 1 rings (SSSR count). The lowest BCUT2D eigenvalue weighted by Gasteiger charge is -2.18. The summed E-state index contributed by atoms with van der Waals surface area (Å²) in [5.41, 5.74) is 0.692. The van der Waals surface area contributed by atoms with Crippen molar-refractivity contribution in [1.82, 2.24) is 4.90 Å². The molecule has 5 heteroatoms. The Labute approximate surface area is 106 Å². The van der Waals surface area contributed by atoms with Crippen molar-refractivity contribution in [3.63, 3.8) is 0 Å². The molecule has 0 radical (unpaired) electrons. The van der Waals surface area contributed by atoms with E-state index in [1.54, 1.807) is 43.1 Å². The largest absolute Gasteiger partial charge is 0.325 e. The molecule has 1 aromatic carbocycles. The van der Waals surface area contributed by atoms with Crippen LogP contribution >= 0.6 is 11.6 Å². The van der Waals surface area contributed by atoms with Crippen LogP contribution < -0.4 is 5.32 Å². The Morgan fingerprint density at radius 1 is 1.53 bits per heavy atom. The van der Waals surface area contributed by atoms with E-state index < -0.39 is 0 Å². The number of hydrogen-bond donors (Lipinski definition) is 1. The Kier molecular flexibility index (Phi) is 4.95. The van der Waals surface area contributed by atoms with Crippen LogP contribution in [0, 0.1) is 11.3 Å². The molecule has 0 bridgehead atoms. The highest BCUT2D eigenvalue weighted by molar-refractivity contribution is 6.30. The predicted molar refractivity (Wildman–Crippen MR) is 67.8 cm³/mol. The van der Waals surface area contributed by atoms with E-state index in [2.05, 4.69) is 11.4 Å². The van der Waals surface area contributed by atoms with Crippen molar-refractivity contribution in [3.05, 3.63) is 29.3 Å². The van der Waals surface area contributed by atoms with E-state index in [4.69, 9.17) is 16.9 Å². The molecule has 0 aliphatic heterocycles. The third kappa shape index (κ3) is 4.43. The normalized spacial score (nSPS) is 11.9. The maximum absolute atomic E-state index is 11.6. The van der Waals surface area contributed by atoms with E-state index in [9.17, 15) is 4.79 Å². The average molecular weight is 252 g/mol. The first-order valence-electron chi connectivity index (χ1n) is 5.18. The van der Waals surface area contributed by atoms with Gasteiger partial charge in [0.25, 0.3) is 0 Å². The van der Waals surface area contributed by atoms with Crippen LogP contribution in [0.25, 0.3) is 0 Å². The van der Waals surface area contributed by atoms with E-state index in [1.807, 2.05) is 0 Å². The van der Waals surface area contributed by atoms with Crippen molar-refractivity contribution in [2.24, 2.45) is 0 Å². The van der Waals surface area contributed by atoms with E-state index in [0.717, 1.165) is 0 Å². The predicted octanol–water partition coefficient (Wildman–Crippen LogP) is 2.12. The summed E-state index contributed by atoms with van der Waals surface area (Å²) in [5, 5.41) is 12.1. The second-order valence-electron chi connectivity index (χ2n) is 3.78. The quantitative estimate of drug-likeness (QED) is 0.892. The topological polar surface area (TPSA) is 56.1 Å². The lowest BCUT2D eigenvalue weighted by molar-refractivity contribution is -0.117. The molecule has 4 nitrogen and oxygen atoms in total. The second-order valence-corrected chi connectivity index (χ2v) is 4.21. The number of nitrogens with one attached hydrogen (secondary N) is 1. The Balaban J connectivity index is 2.50. The van der Waals surface area contributed by atoms with Crippen LogP contribution in [0.3, 0.4) is 0 Å². The van der Waals surface area contributed by atoms with Crippen molar-refractivity contribution in [3.8, 4) is 6.07 Å². The van der Waals surface area contributed by atoms with Gasteiger partial charge in [-0.05, 0) is 38.2 Å². The number of anilines is 1. The summed E-state index contributed by atoms with van der Waals surface area (Å²) in [6.07, 6.45) is 0. The van der Waals surface area contributed by atoms with Gasteiger partial charge >= 0.3 is 0 Å². The molecule has 1 N–H and O–H groups in total. The van der Waals surface area contributed by atoms with Gasteiger partial charge in [-0.2, -0.15) is 5.26 Å². The molecule has 0 unspecified atom stereocenters. The molecule has 0 aliphatic carbocycles. The third-order valence-corrected chi connectivity index (χ3v) is 2.62. The highest BCUT2D eigenvalue weighted by Gasteiger charge is 2.12. The molecule has 0 aromatic heterocycles. The molecule has 17 heavy (non-hydrogen) atoms. The average Bonchev–Trinajstić information content (AvgIpc) is 2.30. The molecule has 0 saturated heterocycles. The number of nitriles is 1. The molecule has 90 valence electrons. The number of rotatable bonds is 4. The van der Waals surface area contributed by atoms with Crippen LogP contribution in [0.15, 0.2) is 24.3 Å². The number of likely N-dealkylation sites (N-methyl/N-ethyl adjacent to an activating group) is 1. The van der Waals surface area contributed by atoms with E-state index in [-0.39, 0.29) is 18.5 Å². The fourth-order valence-electron chi connectivity index (χ4n) is 1.20. The SMILES string of the molecule is C[C@H](C#N)N(C)CC(=O)Nc1ccc(Cl)cc1. The van der Waals surface area contributed by atoms with Gasteiger partial charge in [0.05, 0.1) is 18.7 Å². The highest BCUT2D eigenvalue weighted by Crippen LogP contribution is 2.13. The summed E-state index contributed by atoms with van der Waals surface area (Å²) in [6, 6.07) is 8.66. The number of halogens is 1. The number of carbonyl (C=O) groups is 1. The molecule has 0 fully saturated rings. The molecule has 0 spiro atoms. The van der Waals surface area contributed by atoms with Gasteiger partial charge in [0.15, 0.2) is 0 Å². The van der Waals surface area contributed by atoms with Crippen LogP contribution in [0.1, 0.15) is 6.92 Å². The summed E-state index contributed by atoms with van der Waals surface area (Å²) in [7, 11) is 1.73. The van der Waals surface area contributed by atoms with Crippen molar-refractivity contribution in [2.45, 2.75) is 13.0 Å². The van der Waals surface area contributed by atoms with Gasteiger partial charge in [-0.3, -0.25) is 9.69 Å². The second kappa shape index (κ2) is 6.24. The number of benzene rings is 1. The number of hydrogen-bond acceptors (Lipinski definition) is 3. The number of carbonyl (C=O) groups excluding carboxylic acids is 1. The highest BCUT2D eigenvalue weighted by atomic mass is 35.5. The van der Waals surface area contributed by atoms with Gasteiger partial charge in [-0.1, -0.05) is 11.6 Å². The zero-order valence-corrected chi connectivity index (χ0v) is 10.5. The Bertz CT molecular complexity index is 424. The summed E-state index contributed by atoms with van der Waals surface area (Å²) in [4.78, 5) is 13.3. The zero-order chi connectivity index (χ0) is 12.8. The maximum atomic E-state index is 11.6. The minimum absolute atomic E-state index is 0.156. The van der Waals surface area contributed by atoms with Gasteiger partial charge in [0.2, 0.25) is 5.91 Å². The Morgan fingerprint density at radius 2 is 2.12 bits per heavy atom. The molecule has 1 aromatic rings. The van der Waals surface area contributed by atoms with Crippen LogP contribution in [-0.4, -0.2) is 30.4 Å². The minimum Gasteiger partial charge on any atom is -0.325 e. The van der Waals surface area contributed by atoms with Crippen LogP contribution in [0.2, 0.25) is 5.02 Å². The third-order valence-electron chi connectivity index (χ3n) is 2.37. The van der Waals surface area contributed by atoms with Crippen LogP contribution in [0.4, 0.5) is 5.69 Å². The fraction of sp³-hybridized carbons (Fsp3) is 0.333. The molecule has 0 saturated carbocycles. The maximum Gasteiger partial charge on any atom is 0.238 e. The molecule has 0 heterocycles. The molecule has 1 amide bonds. The zero-order valence-electron chi connectivity index (χ0n) is 9.77. The van der Waals surface area contributed by atoms with Gasteiger partial charge in [-0.15, -0.1) is 0 Å². The van der Waals surface area contributed by atoms with Gasteiger partial charge < -0.3 is 5.32 Å². The lowest BCUT2D eigenvalue weighted by Crippen LogP contribution is -2.35. The first-order chi connectivity index (χ1) is 8.02. The van der Waals surface area contributed by atoms with Gasteiger partial charge in [-0.25, -0.2) is 0 Å². The lowest BCUT2D eigenvalue weighted by atomic mass is 10.3. The first-order valence-corrected chi connectivity index (χ1v) is 5.56.